The molecule has 0 aliphatic heterocycles. The fraction of sp³-hybridized carbons (Fsp3) is 0.222. The number of aromatic nitrogens is 2. The van der Waals surface area contributed by atoms with Gasteiger partial charge in [-0.2, -0.15) is 0 Å². The zero-order chi connectivity index (χ0) is 15.0. The van der Waals surface area contributed by atoms with Crippen molar-refractivity contribution in [1.82, 2.24) is 10.2 Å². The smallest absolute Gasteiger partial charge is 0.138 e. The van der Waals surface area contributed by atoms with Gasteiger partial charge in [-0.15, -0.1) is 10.2 Å². The molecule has 0 radical (unpaired) electrons. The van der Waals surface area contributed by atoms with Crippen molar-refractivity contribution in [2.45, 2.75) is 27.7 Å². The van der Waals surface area contributed by atoms with Gasteiger partial charge in [0.1, 0.15) is 10.0 Å². The van der Waals surface area contributed by atoms with Crippen LogP contribution < -0.4 is 0 Å². The molecule has 0 atom stereocenters. The molecule has 0 aliphatic carbocycles. The zero-order valence-corrected chi connectivity index (χ0v) is 13.6. The van der Waals surface area contributed by atoms with E-state index in [0.717, 1.165) is 21.1 Å². The molecular formula is C18H18N2S. The highest BCUT2D eigenvalue weighted by Gasteiger charge is 2.10. The summed E-state index contributed by atoms with van der Waals surface area (Å²) in [6.07, 6.45) is 0. The Morgan fingerprint density at radius 3 is 1.43 bits per heavy atom. The minimum Gasteiger partial charge on any atom is -0.138 e. The van der Waals surface area contributed by atoms with Gasteiger partial charge in [0.2, 0.25) is 0 Å². The molecule has 21 heavy (non-hydrogen) atoms. The predicted octanol–water partition coefficient (Wildman–Crippen LogP) is 5.11. The highest BCUT2D eigenvalue weighted by atomic mass is 32.1. The van der Waals surface area contributed by atoms with Crippen molar-refractivity contribution < 1.29 is 0 Å². The fourth-order valence-corrected chi connectivity index (χ4v) is 3.04. The molecule has 0 saturated heterocycles. The second-order valence-electron chi connectivity index (χ2n) is 5.51. The van der Waals surface area contributed by atoms with E-state index in [2.05, 4.69) is 74.3 Å². The van der Waals surface area contributed by atoms with Gasteiger partial charge in [0.25, 0.3) is 0 Å². The van der Waals surface area contributed by atoms with Crippen LogP contribution in [0.2, 0.25) is 0 Å². The van der Waals surface area contributed by atoms with Crippen LogP contribution in [0.1, 0.15) is 22.3 Å². The van der Waals surface area contributed by atoms with Crippen LogP contribution in [0.5, 0.6) is 0 Å². The third-order valence-electron chi connectivity index (χ3n) is 3.93. The van der Waals surface area contributed by atoms with E-state index in [4.69, 9.17) is 0 Å². The van der Waals surface area contributed by atoms with Crippen LogP contribution in [-0.4, -0.2) is 10.2 Å². The molecule has 1 aromatic heterocycles. The van der Waals surface area contributed by atoms with Crippen LogP contribution in [0.3, 0.4) is 0 Å². The molecule has 3 aromatic rings. The first-order valence-corrected chi connectivity index (χ1v) is 7.85. The summed E-state index contributed by atoms with van der Waals surface area (Å²) in [4.78, 5) is 0. The van der Waals surface area contributed by atoms with Gasteiger partial charge in [-0.25, -0.2) is 0 Å². The summed E-state index contributed by atoms with van der Waals surface area (Å²) >= 11 is 1.65. The molecule has 0 unspecified atom stereocenters. The van der Waals surface area contributed by atoms with Crippen molar-refractivity contribution in [3.8, 4) is 21.1 Å². The minimum atomic E-state index is 0.978. The molecule has 0 saturated carbocycles. The molecule has 3 rings (SSSR count). The molecule has 0 fully saturated rings. The van der Waals surface area contributed by atoms with E-state index in [1.807, 2.05) is 0 Å². The summed E-state index contributed by atoms with van der Waals surface area (Å²) in [6, 6.07) is 12.9. The Balaban J connectivity index is 1.99. The van der Waals surface area contributed by atoms with Gasteiger partial charge in [-0.1, -0.05) is 35.6 Å². The van der Waals surface area contributed by atoms with Crippen molar-refractivity contribution in [2.75, 3.05) is 0 Å². The Bertz CT molecular complexity index is 737. The first kappa shape index (κ1) is 14.0. The second-order valence-corrected chi connectivity index (χ2v) is 6.49. The quantitative estimate of drug-likeness (QED) is 0.656. The summed E-state index contributed by atoms with van der Waals surface area (Å²) in [5.74, 6) is 0. The Kier molecular flexibility index (Phi) is 3.60. The maximum absolute atomic E-state index is 4.35. The Morgan fingerprint density at radius 2 is 1.05 bits per heavy atom. The number of hydrogen-bond donors (Lipinski definition) is 0. The average molecular weight is 294 g/mol. The standard InChI is InChI=1S/C18H18N2S/c1-11-5-7-15(9-13(11)3)17-19-20-18(21-17)16-8-6-12(2)14(4)10-16/h5-10H,1-4H3. The Labute approximate surface area is 129 Å². The van der Waals surface area contributed by atoms with Gasteiger partial charge in [0.05, 0.1) is 0 Å². The second kappa shape index (κ2) is 5.41. The van der Waals surface area contributed by atoms with Gasteiger partial charge >= 0.3 is 0 Å². The summed E-state index contributed by atoms with van der Waals surface area (Å²) < 4.78 is 0. The minimum absolute atomic E-state index is 0.978. The summed E-state index contributed by atoms with van der Waals surface area (Å²) in [6.45, 7) is 8.51. The van der Waals surface area contributed by atoms with E-state index in [1.54, 1.807) is 11.3 Å². The highest BCUT2D eigenvalue weighted by molar-refractivity contribution is 7.17. The van der Waals surface area contributed by atoms with Gasteiger partial charge in [0.15, 0.2) is 0 Å². The molecule has 0 aliphatic rings. The molecule has 1 heterocycles. The zero-order valence-electron chi connectivity index (χ0n) is 12.8. The molecular weight excluding hydrogens is 276 g/mol. The largest absolute Gasteiger partial charge is 0.148 e. The van der Waals surface area contributed by atoms with Crippen molar-refractivity contribution in [1.29, 1.82) is 0 Å². The van der Waals surface area contributed by atoms with E-state index in [0.29, 0.717) is 0 Å². The maximum atomic E-state index is 4.35. The molecule has 2 nitrogen and oxygen atoms in total. The summed E-state index contributed by atoms with van der Waals surface area (Å²) in [5, 5.41) is 10.7. The SMILES string of the molecule is Cc1ccc(-c2nnc(-c3ccc(C)c(C)c3)s2)cc1C. The molecule has 0 bridgehead atoms. The predicted molar refractivity (Wildman–Crippen MR) is 89.7 cm³/mol. The highest BCUT2D eigenvalue weighted by Crippen LogP contribution is 2.31. The van der Waals surface area contributed by atoms with Crippen molar-refractivity contribution in [3.05, 3.63) is 58.7 Å². The number of aryl methyl sites for hydroxylation is 4. The van der Waals surface area contributed by atoms with Crippen LogP contribution in [0.15, 0.2) is 36.4 Å². The van der Waals surface area contributed by atoms with Crippen LogP contribution in [-0.2, 0) is 0 Å². The molecule has 2 aromatic carbocycles. The Morgan fingerprint density at radius 1 is 0.619 bits per heavy atom. The molecule has 0 spiro atoms. The van der Waals surface area contributed by atoms with Crippen LogP contribution in [0, 0.1) is 27.7 Å². The van der Waals surface area contributed by atoms with E-state index in [-0.39, 0.29) is 0 Å². The number of benzene rings is 2. The summed E-state index contributed by atoms with van der Waals surface area (Å²) in [7, 11) is 0. The number of nitrogens with zero attached hydrogens (tertiary/aromatic N) is 2. The van der Waals surface area contributed by atoms with Crippen LogP contribution in [0.25, 0.3) is 21.1 Å². The lowest BCUT2D eigenvalue weighted by Gasteiger charge is -2.02. The monoisotopic (exact) mass is 294 g/mol. The first-order chi connectivity index (χ1) is 10.0. The van der Waals surface area contributed by atoms with Gasteiger partial charge in [-0.05, 0) is 62.1 Å². The first-order valence-electron chi connectivity index (χ1n) is 7.03. The van der Waals surface area contributed by atoms with Crippen molar-refractivity contribution in [2.24, 2.45) is 0 Å². The summed E-state index contributed by atoms with van der Waals surface area (Å²) in [5.41, 5.74) is 7.47. The van der Waals surface area contributed by atoms with E-state index in [9.17, 15) is 0 Å². The maximum Gasteiger partial charge on any atom is 0.148 e. The lowest BCUT2D eigenvalue weighted by Crippen LogP contribution is -1.83. The van der Waals surface area contributed by atoms with Crippen molar-refractivity contribution in [3.63, 3.8) is 0 Å². The van der Waals surface area contributed by atoms with Gasteiger partial charge < -0.3 is 0 Å². The van der Waals surface area contributed by atoms with E-state index < -0.39 is 0 Å². The van der Waals surface area contributed by atoms with Gasteiger partial charge in [-0.3, -0.25) is 0 Å². The number of hydrogen-bond acceptors (Lipinski definition) is 3. The molecule has 3 heteroatoms. The molecule has 0 amide bonds. The van der Waals surface area contributed by atoms with E-state index >= 15 is 0 Å². The fourth-order valence-electron chi connectivity index (χ4n) is 2.21. The van der Waals surface area contributed by atoms with Crippen LogP contribution in [0.4, 0.5) is 0 Å². The topological polar surface area (TPSA) is 25.8 Å². The molecule has 0 N–H and O–H groups in total. The third kappa shape index (κ3) is 2.74. The third-order valence-corrected chi connectivity index (χ3v) is 4.95. The number of rotatable bonds is 2. The van der Waals surface area contributed by atoms with Gasteiger partial charge in [0, 0.05) is 11.1 Å². The Hall–Kier alpha value is -2.00. The lowest BCUT2D eigenvalue weighted by molar-refractivity contribution is 1.10. The van der Waals surface area contributed by atoms with E-state index in [1.165, 1.54) is 22.3 Å². The normalized spacial score (nSPS) is 10.9. The van der Waals surface area contributed by atoms with Crippen molar-refractivity contribution >= 4 is 11.3 Å². The molecule has 106 valence electrons. The lowest BCUT2D eigenvalue weighted by atomic mass is 10.1. The average Bonchev–Trinajstić information content (AvgIpc) is 2.94. The van der Waals surface area contributed by atoms with Crippen LogP contribution >= 0.6 is 11.3 Å².